The van der Waals surface area contributed by atoms with E-state index < -0.39 is 7.75 Å². The first-order valence-electron chi connectivity index (χ1n) is 4.74. The van der Waals surface area contributed by atoms with Crippen molar-refractivity contribution in [2.24, 2.45) is 0 Å². The minimum absolute atomic E-state index is 0.187. The Morgan fingerprint density at radius 2 is 1.87 bits per heavy atom. The molecule has 0 aliphatic rings. The molecule has 4 nitrogen and oxygen atoms in total. The summed E-state index contributed by atoms with van der Waals surface area (Å²) < 4.78 is 12.1. The largest absolute Gasteiger partial charge is 0.402 e. The summed E-state index contributed by atoms with van der Waals surface area (Å²) >= 11 is 0. The fourth-order valence-corrected chi connectivity index (χ4v) is 1.94. The van der Waals surface area contributed by atoms with Gasteiger partial charge in [0.15, 0.2) is 0 Å². The van der Waals surface area contributed by atoms with Gasteiger partial charge in [-0.15, -0.1) is 0 Å². The van der Waals surface area contributed by atoms with Crippen molar-refractivity contribution < 1.29 is 14.4 Å². The van der Waals surface area contributed by atoms with Crippen molar-refractivity contribution in [3.63, 3.8) is 0 Å². The van der Waals surface area contributed by atoms with Crippen molar-refractivity contribution in [1.29, 1.82) is 0 Å². The molecule has 1 atom stereocenters. The molecule has 0 aromatic heterocycles. The van der Waals surface area contributed by atoms with Crippen molar-refractivity contribution in [3.8, 4) is 0 Å². The number of likely N-dealkylation sites (N-methyl/N-ethyl adjacent to an activating group) is 1. The fraction of sp³-hybridized carbons (Fsp3) is 0.400. The van der Waals surface area contributed by atoms with Crippen LogP contribution in [0.25, 0.3) is 0 Å². The molecular formula is C10H16NO3P. The van der Waals surface area contributed by atoms with Crippen LogP contribution >= 0.6 is 7.75 Å². The Hall–Kier alpha value is -0.670. The minimum atomic E-state index is -4.12. The van der Waals surface area contributed by atoms with Gasteiger partial charge in [0, 0.05) is 6.04 Å². The van der Waals surface area contributed by atoms with Crippen molar-refractivity contribution in [3.05, 3.63) is 35.9 Å². The second-order valence-corrected chi connectivity index (χ2v) is 5.28. The maximum absolute atomic E-state index is 11.0. The van der Waals surface area contributed by atoms with Crippen molar-refractivity contribution in [2.75, 3.05) is 7.05 Å². The van der Waals surface area contributed by atoms with E-state index >= 15 is 0 Å². The Labute approximate surface area is 89.8 Å². The molecule has 0 fully saturated rings. The molecule has 15 heavy (non-hydrogen) atoms. The summed E-state index contributed by atoms with van der Waals surface area (Å²) in [7, 11) is -2.68. The molecule has 0 spiro atoms. The molecule has 0 aliphatic heterocycles. The van der Waals surface area contributed by atoms with Crippen LogP contribution < -0.4 is 0 Å². The molecule has 5 heteroatoms. The van der Waals surface area contributed by atoms with Gasteiger partial charge in [-0.1, -0.05) is 30.3 Å². The van der Waals surface area contributed by atoms with E-state index in [1.54, 1.807) is 6.92 Å². The first-order chi connectivity index (χ1) is 6.91. The molecule has 1 aromatic rings. The summed E-state index contributed by atoms with van der Waals surface area (Å²) in [5, 5.41) is 0. The van der Waals surface area contributed by atoms with Gasteiger partial charge in [-0.3, -0.25) is 0 Å². The monoisotopic (exact) mass is 229 g/mol. The minimum Gasteiger partial charge on any atom is -0.312 e. The smallest absolute Gasteiger partial charge is 0.312 e. The van der Waals surface area contributed by atoms with E-state index in [-0.39, 0.29) is 6.04 Å². The van der Waals surface area contributed by atoms with Crippen LogP contribution in [0.3, 0.4) is 0 Å². The van der Waals surface area contributed by atoms with Gasteiger partial charge in [0.25, 0.3) is 0 Å². The molecule has 1 aromatic carbocycles. The standard InChI is InChI=1S/C10H16NO3P/c1-9(11(2)15(12,13)14)8-10-6-4-3-5-7-10/h3-7,9H,8H2,1-2H3,(H2,12,13,14). The zero-order chi connectivity index (χ0) is 11.5. The van der Waals surface area contributed by atoms with Crippen molar-refractivity contribution in [1.82, 2.24) is 4.67 Å². The zero-order valence-corrected chi connectivity index (χ0v) is 9.76. The lowest BCUT2D eigenvalue weighted by Crippen LogP contribution is -2.27. The van der Waals surface area contributed by atoms with E-state index in [2.05, 4.69) is 0 Å². The Morgan fingerprint density at radius 3 is 2.33 bits per heavy atom. The molecular weight excluding hydrogens is 213 g/mol. The van der Waals surface area contributed by atoms with E-state index in [0.29, 0.717) is 6.42 Å². The molecule has 0 radical (unpaired) electrons. The molecule has 0 saturated heterocycles. The van der Waals surface area contributed by atoms with Gasteiger partial charge in [-0.2, -0.15) is 0 Å². The van der Waals surface area contributed by atoms with Gasteiger partial charge in [0.05, 0.1) is 0 Å². The van der Waals surface area contributed by atoms with Gasteiger partial charge >= 0.3 is 7.75 Å². The average Bonchev–Trinajstić information content (AvgIpc) is 2.16. The van der Waals surface area contributed by atoms with Gasteiger partial charge in [0.2, 0.25) is 0 Å². The lowest BCUT2D eigenvalue weighted by atomic mass is 10.1. The van der Waals surface area contributed by atoms with Crippen molar-refractivity contribution in [2.45, 2.75) is 19.4 Å². The van der Waals surface area contributed by atoms with Gasteiger partial charge in [-0.05, 0) is 26.0 Å². The molecule has 0 heterocycles. The summed E-state index contributed by atoms with van der Waals surface area (Å²) in [6.07, 6.45) is 0.627. The second kappa shape index (κ2) is 4.90. The van der Waals surface area contributed by atoms with Crippen LogP contribution in [0.1, 0.15) is 12.5 Å². The Balaban J connectivity index is 2.64. The zero-order valence-electron chi connectivity index (χ0n) is 8.87. The molecule has 1 rings (SSSR count). The second-order valence-electron chi connectivity index (χ2n) is 3.63. The van der Waals surface area contributed by atoms with Crippen LogP contribution in [-0.2, 0) is 11.0 Å². The van der Waals surface area contributed by atoms with Crippen LogP contribution in [-0.4, -0.2) is 27.5 Å². The van der Waals surface area contributed by atoms with Crippen LogP contribution in [0, 0.1) is 0 Å². The third-order valence-corrected chi connectivity index (χ3v) is 3.64. The normalized spacial score (nSPS) is 14.2. The van der Waals surface area contributed by atoms with E-state index in [1.807, 2.05) is 30.3 Å². The quantitative estimate of drug-likeness (QED) is 0.770. The highest BCUT2D eigenvalue weighted by Gasteiger charge is 2.25. The first-order valence-corrected chi connectivity index (χ1v) is 6.30. The van der Waals surface area contributed by atoms with Crippen LogP contribution in [0.2, 0.25) is 0 Å². The van der Waals surface area contributed by atoms with Crippen LogP contribution in [0.15, 0.2) is 30.3 Å². The predicted molar refractivity (Wildman–Crippen MR) is 59.4 cm³/mol. The maximum atomic E-state index is 11.0. The lowest BCUT2D eigenvalue weighted by molar-refractivity contribution is 0.260. The Morgan fingerprint density at radius 1 is 1.33 bits per heavy atom. The molecule has 84 valence electrons. The number of nitrogens with zero attached hydrogens (tertiary/aromatic N) is 1. The number of hydrogen-bond donors (Lipinski definition) is 2. The lowest BCUT2D eigenvalue weighted by Gasteiger charge is -2.24. The van der Waals surface area contributed by atoms with Crippen LogP contribution in [0.5, 0.6) is 0 Å². The number of hydrogen-bond acceptors (Lipinski definition) is 1. The van der Waals surface area contributed by atoms with E-state index in [1.165, 1.54) is 7.05 Å². The van der Waals surface area contributed by atoms with E-state index in [9.17, 15) is 4.57 Å². The molecule has 0 amide bonds. The predicted octanol–water partition coefficient (Wildman–Crippen LogP) is 1.64. The molecule has 0 bridgehead atoms. The van der Waals surface area contributed by atoms with E-state index in [4.69, 9.17) is 9.79 Å². The molecule has 1 unspecified atom stereocenters. The topological polar surface area (TPSA) is 60.8 Å². The summed E-state index contributed by atoms with van der Waals surface area (Å²) in [5.41, 5.74) is 1.07. The van der Waals surface area contributed by atoms with Crippen LogP contribution in [0.4, 0.5) is 0 Å². The summed E-state index contributed by atoms with van der Waals surface area (Å²) in [6, 6.07) is 9.46. The highest BCUT2D eigenvalue weighted by atomic mass is 31.2. The van der Waals surface area contributed by atoms with Crippen molar-refractivity contribution >= 4 is 7.75 Å². The first kappa shape index (κ1) is 12.4. The fourth-order valence-electron chi connectivity index (χ4n) is 1.34. The van der Waals surface area contributed by atoms with Gasteiger partial charge in [0.1, 0.15) is 0 Å². The average molecular weight is 229 g/mol. The third-order valence-electron chi connectivity index (χ3n) is 2.42. The SMILES string of the molecule is CC(Cc1ccccc1)N(C)P(=O)(O)O. The maximum Gasteiger partial charge on any atom is 0.402 e. The summed E-state index contributed by atoms with van der Waals surface area (Å²) in [6.45, 7) is 1.80. The Bertz CT molecular complexity index is 349. The molecule has 0 aliphatic carbocycles. The summed E-state index contributed by atoms with van der Waals surface area (Å²) in [4.78, 5) is 17.9. The van der Waals surface area contributed by atoms with Gasteiger partial charge < -0.3 is 9.79 Å². The van der Waals surface area contributed by atoms with E-state index in [0.717, 1.165) is 10.2 Å². The molecule has 0 saturated carbocycles. The molecule has 2 N–H and O–H groups in total. The number of benzene rings is 1. The highest BCUT2D eigenvalue weighted by Crippen LogP contribution is 2.40. The summed E-state index contributed by atoms with van der Waals surface area (Å²) in [5.74, 6) is 0. The third kappa shape index (κ3) is 3.76. The van der Waals surface area contributed by atoms with Gasteiger partial charge in [-0.25, -0.2) is 9.24 Å². The number of rotatable bonds is 4. The highest BCUT2D eigenvalue weighted by molar-refractivity contribution is 7.49. The Kier molecular flexibility index (Phi) is 4.05.